The highest BCUT2D eigenvalue weighted by atomic mass is 35.5. The molecule has 0 bridgehead atoms. The largest absolute Gasteiger partial charge is 0.434 e. The lowest BCUT2D eigenvalue weighted by Crippen LogP contribution is -2.40. The van der Waals surface area contributed by atoms with Gasteiger partial charge in [0.05, 0.1) is 6.54 Å². The zero-order valence-corrected chi connectivity index (χ0v) is 12.3. The molecular weight excluding hydrogens is 300 g/mol. The maximum Gasteiger partial charge on any atom is 0.387 e. The van der Waals surface area contributed by atoms with Gasteiger partial charge in [0.25, 0.3) is 0 Å². The lowest BCUT2D eigenvalue weighted by atomic mass is 10.1. The summed E-state index contributed by atoms with van der Waals surface area (Å²) in [5.41, 5.74) is 6.43. The summed E-state index contributed by atoms with van der Waals surface area (Å²) in [6.07, 6.45) is 3.38. The van der Waals surface area contributed by atoms with Gasteiger partial charge in [0.1, 0.15) is 5.75 Å². The third-order valence-corrected chi connectivity index (χ3v) is 3.57. The Bertz CT molecular complexity index is 505. The summed E-state index contributed by atoms with van der Waals surface area (Å²) in [4.78, 5) is 6.27. The van der Waals surface area contributed by atoms with Crippen molar-refractivity contribution >= 4 is 17.6 Å². The molecule has 4 nitrogen and oxygen atoms in total. The molecule has 2 rings (SSSR count). The van der Waals surface area contributed by atoms with Gasteiger partial charge in [0, 0.05) is 23.7 Å². The number of nitrogens with zero attached hydrogens (tertiary/aromatic N) is 2. The van der Waals surface area contributed by atoms with E-state index in [4.69, 9.17) is 17.3 Å². The third kappa shape index (κ3) is 4.74. The highest BCUT2D eigenvalue weighted by Gasteiger charge is 2.13. The number of rotatable bonds is 4. The average molecular weight is 318 g/mol. The number of hydrogen-bond donors (Lipinski definition) is 1. The van der Waals surface area contributed by atoms with E-state index in [9.17, 15) is 8.78 Å². The molecule has 0 aromatic heterocycles. The van der Waals surface area contributed by atoms with E-state index >= 15 is 0 Å². The number of piperidine rings is 1. The lowest BCUT2D eigenvalue weighted by Gasteiger charge is -2.27. The Hall–Kier alpha value is -1.56. The Morgan fingerprint density at radius 3 is 2.71 bits per heavy atom. The van der Waals surface area contributed by atoms with Crippen molar-refractivity contribution in [2.75, 3.05) is 13.1 Å². The van der Waals surface area contributed by atoms with Gasteiger partial charge in [0.15, 0.2) is 5.96 Å². The molecule has 1 heterocycles. The van der Waals surface area contributed by atoms with Crippen molar-refractivity contribution in [1.29, 1.82) is 0 Å². The standard InChI is InChI=1S/C14H18ClF2N3O/c15-11-4-5-12(21-13(16)17)10(8-11)9-19-14(18)20-6-2-1-3-7-20/h4-5,8,13H,1-3,6-7,9H2,(H2,18,19). The smallest absolute Gasteiger partial charge is 0.387 e. The van der Waals surface area contributed by atoms with Gasteiger partial charge < -0.3 is 15.4 Å². The van der Waals surface area contributed by atoms with Crippen molar-refractivity contribution in [1.82, 2.24) is 4.90 Å². The third-order valence-electron chi connectivity index (χ3n) is 3.33. The van der Waals surface area contributed by atoms with Crippen LogP contribution in [0.2, 0.25) is 5.02 Å². The minimum Gasteiger partial charge on any atom is -0.434 e. The van der Waals surface area contributed by atoms with Gasteiger partial charge in [-0.1, -0.05) is 11.6 Å². The summed E-state index contributed by atoms with van der Waals surface area (Å²) in [6.45, 7) is -0.963. The van der Waals surface area contributed by atoms with Gasteiger partial charge in [-0.2, -0.15) is 8.78 Å². The van der Waals surface area contributed by atoms with E-state index in [2.05, 4.69) is 9.73 Å². The van der Waals surface area contributed by atoms with Crippen molar-refractivity contribution in [2.24, 2.45) is 10.7 Å². The Morgan fingerprint density at radius 1 is 1.33 bits per heavy atom. The molecule has 1 aromatic carbocycles. The maximum absolute atomic E-state index is 12.4. The van der Waals surface area contributed by atoms with Crippen LogP contribution < -0.4 is 10.5 Å². The van der Waals surface area contributed by atoms with E-state index in [0.717, 1.165) is 25.9 Å². The maximum atomic E-state index is 12.4. The van der Waals surface area contributed by atoms with Crippen molar-refractivity contribution < 1.29 is 13.5 Å². The second kappa shape index (κ2) is 7.45. The van der Waals surface area contributed by atoms with Crippen LogP contribution in [0, 0.1) is 0 Å². The number of hydrogen-bond acceptors (Lipinski definition) is 2. The van der Waals surface area contributed by atoms with Crippen LogP contribution in [-0.4, -0.2) is 30.6 Å². The fourth-order valence-electron chi connectivity index (χ4n) is 2.27. The normalized spacial score (nSPS) is 16.4. The Balaban J connectivity index is 2.08. The van der Waals surface area contributed by atoms with E-state index in [1.54, 1.807) is 6.07 Å². The first-order valence-electron chi connectivity index (χ1n) is 6.84. The minimum absolute atomic E-state index is 0.0737. The molecule has 0 amide bonds. The highest BCUT2D eigenvalue weighted by molar-refractivity contribution is 6.30. The first-order chi connectivity index (χ1) is 10.1. The Morgan fingerprint density at radius 2 is 2.05 bits per heavy atom. The second-order valence-corrected chi connectivity index (χ2v) is 5.29. The van der Waals surface area contributed by atoms with Crippen molar-refractivity contribution in [3.8, 4) is 5.75 Å². The topological polar surface area (TPSA) is 50.9 Å². The molecule has 21 heavy (non-hydrogen) atoms. The summed E-state index contributed by atoms with van der Waals surface area (Å²) < 4.78 is 29.2. The summed E-state index contributed by atoms with van der Waals surface area (Å²) in [5.74, 6) is 0.502. The predicted octanol–water partition coefficient (Wildman–Crippen LogP) is 3.24. The van der Waals surface area contributed by atoms with Crippen LogP contribution in [-0.2, 0) is 6.54 Å². The van der Waals surface area contributed by atoms with Crippen LogP contribution in [0.3, 0.4) is 0 Å². The molecule has 2 N–H and O–H groups in total. The molecule has 0 radical (unpaired) electrons. The first-order valence-corrected chi connectivity index (χ1v) is 7.22. The van der Waals surface area contributed by atoms with Gasteiger partial charge in [0.2, 0.25) is 0 Å². The molecule has 0 saturated carbocycles. The number of halogens is 3. The van der Waals surface area contributed by atoms with E-state index in [1.807, 2.05) is 4.90 Å². The quantitative estimate of drug-likeness (QED) is 0.685. The van der Waals surface area contributed by atoms with E-state index < -0.39 is 6.61 Å². The SMILES string of the molecule is NC(=NCc1cc(Cl)ccc1OC(F)F)N1CCCCC1. The summed E-state index contributed by atoms with van der Waals surface area (Å²) in [6, 6.07) is 4.48. The van der Waals surface area contributed by atoms with Crippen LogP contribution in [0.1, 0.15) is 24.8 Å². The Labute approximate surface area is 127 Å². The van der Waals surface area contributed by atoms with Gasteiger partial charge in [-0.3, -0.25) is 0 Å². The molecule has 0 aliphatic carbocycles. The van der Waals surface area contributed by atoms with Gasteiger partial charge in [-0.15, -0.1) is 0 Å². The zero-order chi connectivity index (χ0) is 15.2. The highest BCUT2D eigenvalue weighted by Crippen LogP contribution is 2.25. The number of aliphatic imine (C=N–C) groups is 1. The number of benzene rings is 1. The summed E-state index contributed by atoms with van der Waals surface area (Å²) in [7, 11) is 0. The summed E-state index contributed by atoms with van der Waals surface area (Å²) >= 11 is 5.88. The van der Waals surface area contributed by atoms with Crippen LogP contribution in [0.15, 0.2) is 23.2 Å². The van der Waals surface area contributed by atoms with Crippen molar-refractivity contribution in [3.63, 3.8) is 0 Å². The monoisotopic (exact) mass is 317 g/mol. The summed E-state index contributed by atoms with van der Waals surface area (Å²) in [5, 5.41) is 0.443. The van der Waals surface area contributed by atoms with Crippen LogP contribution >= 0.6 is 11.6 Å². The Kier molecular flexibility index (Phi) is 5.61. The van der Waals surface area contributed by atoms with Crippen molar-refractivity contribution in [2.45, 2.75) is 32.4 Å². The van der Waals surface area contributed by atoms with E-state index in [1.165, 1.54) is 18.6 Å². The first kappa shape index (κ1) is 15.8. The minimum atomic E-state index is -2.88. The van der Waals surface area contributed by atoms with E-state index in [-0.39, 0.29) is 12.3 Å². The van der Waals surface area contributed by atoms with Gasteiger partial charge in [-0.25, -0.2) is 4.99 Å². The zero-order valence-electron chi connectivity index (χ0n) is 11.6. The number of alkyl halides is 2. The number of ether oxygens (including phenoxy) is 1. The molecule has 1 aliphatic heterocycles. The molecule has 1 aromatic rings. The molecular formula is C14H18ClF2N3O. The predicted molar refractivity (Wildman–Crippen MR) is 78.8 cm³/mol. The second-order valence-electron chi connectivity index (χ2n) is 4.85. The average Bonchev–Trinajstić information content (AvgIpc) is 2.47. The van der Waals surface area contributed by atoms with Crippen LogP contribution in [0.5, 0.6) is 5.75 Å². The van der Waals surface area contributed by atoms with Crippen LogP contribution in [0.25, 0.3) is 0 Å². The number of nitrogens with two attached hydrogens (primary N) is 1. The van der Waals surface area contributed by atoms with Gasteiger partial charge >= 0.3 is 6.61 Å². The number of likely N-dealkylation sites (tertiary alicyclic amines) is 1. The molecule has 1 saturated heterocycles. The molecule has 116 valence electrons. The molecule has 7 heteroatoms. The van der Waals surface area contributed by atoms with Gasteiger partial charge in [-0.05, 0) is 37.5 Å². The van der Waals surface area contributed by atoms with Crippen LogP contribution in [0.4, 0.5) is 8.78 Å². The molecule has 1 aliphatic rings. The fraction of sp³-hybridized carbons (Fsp3) is 0.500. The molecule has 0 atom stereocenters. The molecule has 1 fully saturated rings. The lowest BCUT2D eigenvalue weighted by molar-refractivity contribution is -0.0504. The van der Waals surface area contributed by atoms with E-state index in [0.29, 0.717) is 16.5 Å². The molecule has 0 unspecified atom stereocenters. The fourth-order valence-corrected chi connectivity index (χ4v) is 2.47. The van der Waals surface area contributed by atoms with Crippen molar-refractivity contribution in [3.05, 3.63) is 28.8 Å². The molecule has 0 spiro atoms. The number of guanidine groups is 1.